The molecular formula is C24H17Cl2N5O. The molecule has 0 aliphatic carbocycles. The number of amides is 1. The fourth-order valence-corrected chi connectivity index (χ4v) is 3.76. The number of halogens is 2. The van der Waals surface area contributed by atoms with Gasteiger partial charge in [-0.05, 0) is 53.6 Å². The van der Waals surface area contributed by atoms with E-state index in [0.29, 0.717) is 21.6 Å². The minimum atomic E-state index is -0.313. The zero-order valence-electron chi connectivity index (χ0n) is 16.7. The summed E-state index contributed by atoms with van der Waals surface area (Å²) in [5.41, 5.74) is 3.36. The molecule has 1 unspecified atom stereocenters. The molecule has 2 heterocycles. The van der Waals surface area contributed by atoms with Gasteiger partial charge in [-0.15, -0.1) is 5.10 Å². The number of carbonyl (C=O) groups is 1. The number of rotatable bonds is 4. The van der Waals surface area contributed by atoms with Crippen molar-refractivity contribution in [2.24, 2.45) is 0 Å². The lowest BCUT2D eigenvalue weighted by molar-refractivity contribution is 0.102. The molecule has 0 bridgehead atoms. The van der Waals surface area contributed by atoms with Crippen LogP contribution in [0.5, 0.6) is 0 Å². The Bertz CT molecular complexity index is 1300. The molecule has 32 heavy (non-hydrogen) atoms. The molecule has 1 aliphatic rings. The molecule has 5 rings (SSSR count). The molecule has 1 atom stereocenters. The summed E-state index contributed by atoms with van der Waals surface area (Å²) in [5, 5.41) is 11.9. The number of hydrogen-bond donors (Lipinski definition) is 2. The lowest BCUT2D eigenvalue weighted by Gasteiger charge is -2.24. The van der Waals surface area contributed by atoms with Crippen LogP contribution in [0.2, 0.25) is 10.0 Å². The summed E-state index contributed by atoms with van der Waals surface area (Å²) in [4.78, 5) is 17.1. The molecule has 1 aromatic heterocycles. The van der Waals surface area contributed by atoms with Crippen LogP contribution in [0.15, 0.2) is 84.9 Å². The van der Waals surface area contributed by atoms with E-state index >= 15 is 0 Å². The van der Waals surface area contributed by atoms with Gasteiger partial charge in [0.2, 0.25) is 5.95 Å². The number of fused-ring (bicyclic) bond motifs is 1. The molecule has 1 amide bonds. The Labute approximate surface area is 194 Å². The Morgan fingerprint density at radius 2 is 1.56 bits per heavy atom. The summed E-state index contributed by atoms with van der Waals surface area (Å²) in [6.07, 6.45) is 2.07. The van der Waals surface area contributed by atoms with Gasteiger partial charge in [0, 0.05) is 21.3 Å². The Balaban J connectivity index is 1.49. The average molecular weight is 462 g/mol. The van der Waals surface area contributed by atoms with Crippen LogP contribution in [0.25, 0.3) is 5.70 Å². The molecule has 0 fully saturated rings. The zero-order valence-corrected chi connectivity index (χ0v) is 18.2. The molecule has 2 N–H and O–H groups in total. The SMILES string of the molecule is O=C(Nc1nc2n(n1)C(c1ccccc1)C=C(c1ccc(Cl)cc1)N2)c1ccc(Cl)cc1. The summed E-state index contributed by atoms with van der Waals surface area (Å²) in [7, 11) is 0. The predicted octanol–water partition coefficient (Wildman–Crippen LogP) is 5.89. The lowest BCUT2D eigenvalue weighted by Crippen LogP contribution is -2.20. The predicted molar refractivity (Wildman–Crippen MR) is 127 cm³/mol. The second-order valence-electron chi connectivity index (χ2n) is 7.23. The summed E-state index contributed by atoms with van der Waals surface area (Å²) in [6.45, 7) is 0. The number of benzene rings is 3. The number of nitrogens with one attached hydrogen (secondary N) is 2. The van der Waals surface area contributed by atoms with Gasteiger partial charge in [0.15, 0.2) is 0 Å². The molecule has 0 saturated heterocycles. The van der Waals surface area contributed by atoms with Crippen LogP contribution in [0, 0.1) is 0 Å². The van der Waals surface area contributed by atoms with Crippen LogP contribution in [0.1, 0.15) is 27.5 Å². The van der Waals surface area contributed by atoms with Crippen LogP contribution in [-0.4, -0.2) is 20.7 Å². The minimum Gasteiger partial charge on any atom is -0.324 e. The smallest absolute Gasteiger partial charge is 0.258 e. The second kappa shape index (κ2) is 8.49. The van der Waals surface area contributed by atoms with E-state index in [1.165, 1.54) is 0 Å². The quantitative estimate of drug-likeness (QED) is 0.397. The maximum atomic E-state index is 12.6. The van der Waals surface area contributed by atoms with E-state index in [1.807, 2.05) is 54.6 Å². The van der Waals surface area contributed by atoms with E-state index < -0.39 is 0 Å². The highest BCUT2D eigenvalue weighted by Crippen LogP contribution is 2.33. The number of carbonyl (C=O) groups excluding carboxylic acids is 1. The third-order valence-corrected chi connectivity index (χ3v) is 5.60. The first-order valence-electron chi connectivity index (χ1n) is 9.90. The van der Waals surface area contributed by atoms with Crippen molar-refractivity contribution in [3.63, 3.8) is 0 Å². The van der Waals surface area contributed by atoms with Crippen LogP contribution < -0.4 is 10.6 Å². The average Bonchev–Trinajstić information content (AvgIpc) is 3.22. The molecule has 8 heteroatoms. The standard InChI is InChI=1S/C24H17Cl2N5O/c25-18-10-6-15(7-11-18)20-14-21(16-4-2-1-3-5-16)31-24(27-20)29-23(30-31)28-22(32)17-8-12-19(26)13-9-17/h1-14,21H,(H2,27,28,29,30,32). The van der Waals surface area contributed by atoms with E-state index in [9.17, 15) is 4.79 Å². The Morgan fingerprint density at radius 1 is 0.906 bits per heavy atom. The van der Waals surface area contributed by atoms with Gasteiger partial charge in [0.25, 0.3) is 11.9 Å². The number of anilines is 2. The highest BCUT2D eigenvalue weighted by atomic mass is 35.5. The van der Waals surface area contributed by atoms with Gasteiger partial charge >= 0.3 is 0 Å². The van der Waals surface area contributed by atoms with Crippen molar-refractivity contribution in [3.8, 4) is 0 Å². The number of hydrogen-bond acceptors (Lipinski definition) is 4. The van der Waals surface area contributed by atoms with Crippen LogP contribution in [0.4, 0.5) is 11.9 Å². The van der Waals surface area contributed by atoms with Gasteiger partial charge in [-0.3, -0.25) is 10.1 Å². The van der Waals surface area contributed by atoms with E-state index in [0.717, 1.165) is 16.8 Å². The first kappa shape index (κ1) is 20.3. The van der Waals surface area contributed by atoms with Crippen LogP contribution in [0.3, 0.4) is 0 Å². The largest absolute Gasteiger partial charge is 0.324 e. The Hall–Kier alpha value is -3.61. The molecule has 0 saturated carbocycles. The molecule has 3 aromatic carbocycles. The van der Waals surface area contributed by atoms with E-state index in [1.54, 1.807) is 28.9 Å². The molecule has 0 spiro atoms. The summed E-state index contributed by atoms with van der Waals surface area (Å²) < 4.78 is 1.76. The van der Waals surface area contributed by atoms with E-state index in [2.05, 4.69) is 26.8 Å². The summed E-state index contributed by atoms with van der Waals surface area (Å²) >= 11 is 12.0. The number of allylic oxidation sites excluding steroid dienone is 1. The summed E-state index contributed by atoms with van der Waals surface area (Å²) in [6, 6.07) is 24.0. The minimum absolute atomic E-state index is 0.202. The van der Waals surface area contributed by atoms with Gasteiger partial charge < -0.3 is 5.32 Å². The molecule has 6 nitrogen and oxygen atoms in total. The highest BCUT2D eigenvalue weighted by molar-refractivity contribution is 6.31. The first-order chi connectivity index (χ1) is 15.6. The van der Waals surface area contributed by atoms with Crippen LogP contribution >= 0.6 is 23.2 Å². The van der Waals surface area contributed by atoms with Crippen molar-refractivity contribution in [1.29, 1.82) is 0 Å². The zero-order chi connectivity index (χ0) is 22.1. The van der Waals surface area contributed by atoms with Crippen molar-refractivity contribution in [1.82, 2.24) is 14.8 Å². The fourth-order valence-electron chi connectivity index (χ4n) is 3.51. The Kier molecular flexibility index (Phi) is 5.39. The van der Waals surface area contributed by atoms with Gasteiger partial charge in [0.05, 0.1) is 0 Å². The van der Waals surface area contributed by atoms with Gasteiger partial charge in [0.1, 0.15) is 6.04 Å². The maximum absolute atomic E-state index is 12.6. The topological polar surface area (TPSA) is 71.8 Å². The normalized spacial score (nSPS) is 14.8. The van der Waals surface area contributed by atoms with Crippen molar-refractivity contribution in [2.75, 3.05) is 10.6 Å². The van der Waals surface area contributed by atoms with Crippen molar-refractivity contribution in [3.05, 3.63) is 112 Å². The molecular weight excluding hydrogens is 445 g/mol. The highest BCUT2D eigenvalue weighted by Gasteiger charge is 2.26. The molecule has 158 valence electrons. The molecule has 4 aromatic rings. The third-order valence-electron chi connectivity index (χ3n) is 5.09. The number of nitrogens with zero attached hydrogens (tertiary/aromatic N) is 3. The lowest BCUT2D eigenvalue weighted by atomic mass is 10.0. The van der Waals surface area contributed by atoms with Gasteiger partial charge in [-0.1, -0.05) is 65.7 Å². The van der Waals surface area contributed by atoms with Gasteiger partial charge in [-0.25, -0.2) is 4.68 Å². The second-order valence-corrected chi connectivity index (χ2v) is 8.11. The maximum Gasteiger partial charge on any atom is 0.258 e. The van der Waals surface area contributed by atoms with Crippen LogP contribution in [-0.2, 0) is 0 Å². The van der Waals surface area contributed by atoms with Crippen molar-refractivity contribution >= 4 is 46.7 Å². The first-order valence-corrected chi connectivity index (χ1v) is 10.7. The van der Waals surface area contributed by atoms with E-state index in [4.69, 9.17) is 23.2 Å². The molecule has 1 aliphatic heterocycles. The summed E-state index contributed by atoms with van der Waals surface area (Å²) in [5.74, 6) is 0.420. The van der Waals surface area contributed by atoms with E-state index in [-0.39, 0.29) is 17.9 Å². The van der Waals surface area contributed by atoms with Gasteiger partial charge in [-0.2, -0.15) is 4.98 Å². The Morgan fingerprint density at radius 3 is 2.25 bits per heavy atom. The monoisotopic (exact) mass is 461 g/mol. The fraction of sp³-hybridized carbons (Fsp3) is 0.0417. The van der Waals surface area contributed by atoms with Crippen molar-refractivity contribution < 1.29 is 4.79 Å². The third kappa shape index (κ3) is 4.10. The van der Waals surface area contributed by atoms with Crippen molar-refractivity contribution in [2.45, 2.75) is 6.04 Å². The molecule has 0 radical (unpaired) electrons. The number of aromatic nitrogens is 3.